The van der Waals surface area contributed by atoms with Crippen LogP contribution in [0.15, 0.2) is 24.3 Å². The van der Waals surface area contributed by atoms with Crippen molar-refractivity contribution in [3.63, 3.8) is 0 Å². The molecular formula is C16H25N3O. The van der Waals surface area contributed by atoms with Crippen LogP contribution in [-0.2, 0) is 11.2 Å². The van der Waals surface area contributed by atoms with Crippen molar-refractivity contribution in [2.75, 3.05) is 38.5 Å². The molecule has 1 aliphatic rings. The zero-order valence-corrected chi connectivity index (χ0v) is 12.5. The average Bonchev–Trinajstić information content (AvgIpc) is 2.87. The molecule has 0 aliphatic carbocycles. The minimum Gasteiger partial charge on any atom is -0.325 e. The Balaban J connectivity index is 1.77. The van der Waals surface area contributed by atoms with Crippen LogP contribution in [0.25, 0.3) is 0 Å². The zero-order chi connectivity index (χ0) is 14.4. The van der Waals surface area contributed by atoms with E-state index >= 15 is 0 Å². The predicted molar refractivity (Wildman–Crippen MR) is 82.9 cm³/mol. The average molecular weight is 275 g/mol. The normalized spacial score (nSPS) is 19.2. The highest BCUT2D eigenvalue weighted by Gasteiger charge is 2.23. The van der Waals surface area contributed by atoms with Crippen LogP contribution >= 0.6 is 0 Å². The molecule has 1 fully saturated rings. The SMILES string of the molecule is CCc1ccc(NC(=O)CN2CCC(CNC)C2)cc1. The number of nitrogens with zero attached hydrogens (tertiary/aromatic N) is 1. The maximum Gasteiger partial charge on any atom is 0.238 e. The third-order valence-electron chi connectivity index (χ3n) is 3.88. The Kier molecular flexibility index (Phi) is 5.56. The van der Waals surface area contributed by atoms with Gasteiger partial charge < -0.3 is 10.6 Å². The van der Waals surface area contributed by atoms with Gasteiger partial charge in [0, 0.05) is 12.2 Å². The molecule has 2 N–H and O–H groups in total. The summed E-state index contributed by atoms with van der Waals surface area (Å²) in [4.78, 5) is 14.3. The number of nitrogens with one attached hydrogen (secondary N) is 2. The molecule has 4 heteroatoms. The first-order valence-electron chi connectivity index (χ1n) is 7.47. The maximum atomic E-state index is 12.0. The second-order valence-electron chi connectivity index (χ2n) is 5.55. The van der Waals surface area contributed by atoms with Crippen molar-refractivity contribution in [1.82, 2.24) is 10.2 Å². The molecule has 0 aromatic heterocycles. The minimum absolute atomic E-state index is 0.0827. The smallest absolute Gasteiger partial charge is 0.238 e. The van der Waals surface area contributed by atoms with Gasteiger partial charge in [0.25, 0.3) is 0 Å². The van der Waals surface area contributed by atoms with Crippen LogP contribution in [0.4, 0.5) is 5.69 Å². The summed E-state index contributed by atoms with van der Waals surface area (Å²) in [5, 5.41) is 6.18. The molecule has 1 heterocycles. The van der Waals surface area contributed by atoms with E-state index in [2.05, 4.69) is 34.6 Å². The molecule has 2 rings (SSSR count). The van der Waals surface area contributed by atoms with E-state index in [1.54, 1.807) is 0 Å². The Morgan fingerprint density at radius 3 is 2.75 bits per heavy atom. The summed E-state index contributed by atoms with van der Waals surface area (Å²) in [6.07, 6.45) is 2.20. The highest BCUT2D eigenvalue weighted by molar-refractivity contribution is 5.92. The van der Waals surface area contributed by atoms with Crippen LogP contribution in [0.1, 0.15) is 18.9 Å². The van der Waals surface area contributed by atoms with Gasteiger partial charge in [0.15, 0.2) is 0 Å². The highest BCUT2D eigenvalue weighted by Crippen LogP contribution is 2.15. The van der Waals surface area contributed by atoms with E-state index < -0.39 is 0 Å². The molecule has 110 valence electrons. The van der Waals surface area contributed by atoms with Crippen molar-refractivity contribution in [3.8, 4) is 0 Å². The molecule has 1 saturated heterocycles. The number of anilines is 1. The van der Waals surface area contributed by atoms with E-state index in [9.17, 15) is 4.79 Å². The Hall–Kier alpha value is -1.39. The number of amides is 1. The van der Waals surface area contributed by atoms with Gasteiger partial charge in [0.05, 0.1) is 6.54 Å². The fraction of sp³-hybridized carbons (Fsp3) is 0.562. The quantitative estimate of drug-likeness (QED) is 0.831. The van der Waals surface area contributed by atoms with Gasteiger partial charge in [-0.1, -0.05) is 19.1 Å². The first-order chi connectivity index (χ1) is 9.71. The van der Waals surface area contributed by atoms with Crippen molar-refractivity contribution in [1.29, 1.82) is 0 Å². The molecule has 0 spiro atoms. The lowest BCUT2D eigenvalue weighted by atomic mass is 10.1. The molecule has 1 aromatic carbocycles. The van der Waals surface area contributed by atoms with Gasteiger partial charge in [-0.05, 0) is 56.6 Å². The summed E-state index contributed by atoms with van der Waals surface area (Å²) < 4.78 is 0. The number of carbonyl (C=O) groups excluding carboxylic acids is 1. The molecule has 1 aromatic rings. The van der Waals surface area contributed by atoms with Crippen LogP contribution < -0.4 is 10.6 Å². The van der Waals surface area contributed by atoms with E-state index in [4.69, 9.17) is 0 Å². The van der Waals surface area contributed by atoms with Crippen LogP contribution in [0.2, 0.25) is 0 Å². The van der Waals surface area contributed by atoms with E-state index in [0.29, 0.717) is 12.5 Å². The third-order valence-corrected chi connectivity index (χ3v) is 3.88. The molecule has 20 heavy (non-hydrogen) atoms. The largest absolute Gasteiger partial charge is 0.325 e. The summed E-state index contributed by atoms with van der Waals surface area (Å²) in [7, 11) is 1.98. The lowest BCUT2D eigenvalue weighted by Crippen LogP contribution is -2.32. The first kappa shape index (κ1) is 15.0. The van der Waals surface area contributed by atoms with Gasteiger partial charge in [0.2, 0.25) is 5.91 Å². The van der Waals surface area contributed by atoms with Gasteiger partial charge in [-0.3, -0.25) is 9.69 Å². The molecule has 1 aliphatic heterocycles. The molecule has 1 unspecified atom stereocenters. The number of hydrogen-bond acceptors (Lipinski definition) is 3. The van der Waals surface area contributed by atoms with Crippen molar-refractivity contribution >= 4 is 11.6 Å². The van der Waals surface area contributed by atoms with Gasteiger partial charge in [-0.25, -0.2) is 0 Å². The summed E-state index contributed by atoms with van der Waals surface area (Å²) in [6, 6.07) is 8.08. The summed E-state index contributed by atoms with van der Waals surface area (Å²) in [5.41, 5.74) is 2.18. The molecule has 0 bridgehead atoms. The van der Waals surface area contributed by atoms with Crippen molar-refractivity contribution in [3.05, 3.63) is 29.8 Å². The van der Waals surface area contributed by atoms with E-state index in [1.807, 2.05) is 19.2 Å². The molecule has 1 atom stereocenters. The summed E-state index contributed by atoms with van der Waals surface area (Å²) in [6.45, 7) is 5.70. The Morgan fingerprint density at radius 1 is 1.35 bits per heavy atom. The summed E-state index contributed by atoms with van der Waals surface area (Å²) in [5.74, 6) is 0.760. The van der Waals surface area contributed by atoms with Gasteiger partial charge in [-0.2, -0.15) is 0 Å². The van der Waals surface area contributed by atoms with Crippen LogP contribution in [-0.4, -0.2) is 44.0 Å². The fourth-order valence-corrected chi connectivity index (χ4v) is 2.74. The van der Waals surface area contributed by atoms with Crippen LogP contribution in [0.3, 0.4) is 0 Å². The van der Waals surface area contributed by atoms with Gasteiger partial charge >= 0.3 is 0 Å². The number of hydrogen-bond donors (Lipinski definition) is 2. The Morgan fingerprint density at radius 2 is 2.10 bits per heavy atom. The monoisotopic (exact) mass is 275 g/mol. The Labute approximate surface area is 121 Å². The van der Waals surface area contributed by atoms with E-state index in [1.165, 1.54) is 12.0 Å². The summed E-state index contributed by atoms with van der Waals surface area (Å²) >= 11 is 0. The Bertz CT molecular complexity index is 430. The van der Waals surface area contributed by atoms with Crippen molar-refractivity contribution in [2.24, 2.45) is 5.92 Å². The van der Waals surface area contributed by atoms with Crippen LogP contribution in [0, 0.1) is 5.92 Å². The number of aryl methyl sites for hydroxylation is 1. The molecular weight excluding hydrogens is 250 g/mol. The third kappa shape index (κ3) is 4.32. The van der Waals surface area contributed by atoms with Crippen molar-refractivity contribution in [2.45, 2.75) is 19.8 Å². The first-order valence-corrected chi connectivity index (χ1v) is 7.47. The van der Waals surface area contributed by atoms with E-state index in [-0.39, 0.29) is 5.91 Å². The molecule has 0 radical (unpaired) electrons. The molecule has 1 amide bonds. The second-order valence-corrected chi connectivity index (χ2v) is 5.55. The molecule has 0 saturated carbocycles. The fourth-order valence-electron chi connectivity index (χ4n) is 2.74. The number of benzene rings is 1. The lowest BCUT2D eigenvalue weighted by molar-refractivity contribution is -0.117. The second kappa shape index (κ2) is 7.41. The predicted octanol–water partition coefficient (Wildman–Crippen LogP) is 1.73. The maximum absolute atomic E-state index is 12.0. The van der Waals surface area contributed by atoms with Crippen molar-refractivity contribution < 1.29 is 4.79 Å². The number of likely N-dealkylation sites (tertiary alicyclic amines) is 1. The minimum atomic E-state index is 0.0827. The van der Waals surface area contributed by atoms with Gasteiger partial charge in [-0.15, -0.1) is 0 Å². The standard InChI is InChI=1S/C16H25N3O/c1-3-13-4-6-15(7-5-13)18-16(20)12-19-9-8-14(11-19)10-17-2/h4-7,14,17H,3,8-12H2,1-2H3,(H,18,20). The number of carbonyl (C=O) groups is 1. The topological polar surface area (TPSA) is 44.4 Å². The van der Waals surface area contributed by atoms with E-state index in [0.717, 1.165) is 31.7 Å². The van der Waals surface area contributed by atoms with Gasteiger partial charge in [0.1, 0.15) is 0 Å². The molecule has 4 nitrogen and oxygen atoms in total. The lowest BCUT2D eigenvalue weighted by Gasteiger charge is -2.15. The highest BCUT2D eigenvalue weighted by atomic mass is 16.2. The zero-order valence-electron chi connectivity index (χ0n) is 12.5. The number of rotatable bonds is 6. The van der Waals surface area contributed by atoms with Crippen LogP contribution in [0.5, 0.6) is 0 Å².